The van der Waals surface area contributed by atoms with Crippen molar-refractivity contribution in [1.82, 2.24) is 19.7 Å². The Morgan fingerprint density at radius 1 is 1.13 bits per heavy atom. The third-order valence-corrected chi connectivity index (χ3v) is 4.14. The van der Waals surface area contributed by atoms with Crippen LogP contribution in [-0.4, -0.2) is 32.8 Å². The Morgan fingerprint density at radius 2 is 1.83 bits per heavy atom. The highest BCUT2D eigenvalue weighted by Crippen LogP contribution is 2.32. The van der Waals surface area contributed by atoms with Crippen LogP contribution in [0.3, 0.4) is 0 Å². The molecule has 0 saturated carbocycles. The third kappa shape index (κ3) is 3.39. The van der Waals surface area contributed by atoms with E-state index in [0.29, 0.717) is 23.9 Å². The van der Waals surface area contributed by atoms with Gasteiger partial charge < -0.3 is 0 Å². The molecular weight excluding hydrogens is 305 g/mol. The van der Waals surface area contributed by atoms with Crippen LogP contribution in [0.4, 0.5) is 13.2 Å². The van der Waals surface area contributed by atoms with Crippen molar-refractivity contribution in [3.05, 3.63) is 41.0 Å². The molecule has 7 heteroatoms. The van der Waals surface area contributed by atoms with Gasteiger partial charge in [-0.2, -0.15) is 13.2 Å². The first-order chi connectivity index (χ1) is 10.8. The van der Waals surface area contributed by atoms with Gasteiger partial charge in [0.2, 0.25) is 0 Å². The van der Waals surface area contributed by atoms with Gasteiger partial charge in [-0.15, -0.1) is 5.10 Å². The van der Waals surface area contributed by atoms with Gasteiger partial charge in [0.05, 0.1) is 17.8 Å². The zero-order valence-corrected chi connectivity index (χ0v) is 13.2. The number of rotatable bonds is 3. The normalized spacial score (nSPS) is 16.2. The van der Waals surface area contributed by atoms with Crippen LogP contribution in [0.15, 0.2) is 18.2 Å². The van der Waals surface area contributed by atoms with E-state index in [2.05, 4.69) is 15.0 Å². The molecule has 1 fully saturated rings. The molecule has 2 aromatic rings. The van der Waals surface area contributed by atoms with E-state index in [1.165, 1.54) is 31.9 Å². The number of likely N-dealkylation sites (tertiary alicyclic amines) is 1. The van der Waals surface area contributed by atoms with E-state index in [-0.39, 0.29) is 5.56 Å². The summed E-state index contributed by atoms with van der Waals surface area (Å²) in [6, 6.07) is 4.05. The molecule has 0 radical (unpaired) electrons. The van der Waals surface area contributed by atoms with E-state index in [4.69, 9.17) is 0 Å². The van der Waals surface area contributed by atoms with Crippen molar-refractivity contribution in [3.8, 4) is 5.69 Å². The van der Waals surface area contributed by atoms with Crippen molar-refractivity contribution in [2.75, 3.05) is 13.1 Å². The lowest BCUT2D eigenvalue weighted by Gasteiger charge is -2.12. The van der Waals surface area contributed by atoms with Crippen molar-refractivity contribution in [1.29, 1.82) is 0 Å². The number of aryl methyl sites for hydroxylation is 2. The number of hydrogen-bond acceptors (Lipinski definition) is 3. The summed E-state index contributed by atoms with van der Waals surface area (Å²) >= 11 is 0. The Hall–Kier alpha value is -1.89. The van der Waals surface area contributed by atoms with Gasteiger partial charge in [-0.3, -0.25) is 4.90 Å². The summed E-state index contributed by atoms with van der Waals surface area (Å²) < 4.78 is 40.2. The largest absolute Gasteiger partial charge is 0.416 e. The maximum absolute atomic E-state index is 12.9. The lowest BCUT2D eigenvalue weighted by molar-refractivity contribution is -0.138. The molecule has 1 aliphatic heterocycles. The second-order valence-corrected chi connectivity index (χ2v) is 5.97. The van der Waals surface area contributed by atoms with Gasteiger partial charge in [-0.05, 0) is 63.5 Å². The number of hydrogen-bond donors (Lipinski definition) is 0. The molecule has 0 amide bonds. The molecule has 2 heterocycles. The molecule has 0 atom stereocenters. The summed E-state index contributed by atoms with van der Waals surface area (Å²) in [5, 5.41) is 4.46. The first-order valence-electron chi connectivity index (χ1n) is 7.68. The smallest absolute Gasteiger partial charge is 0.296 e. The molecule has 0 N–H and O–H groups in total. The van der Waals surface area contributed by atoms with Crippen molar-refractivity contribution in [2.24, 2.45) is 0 Å². The van der Waals surface area contributed by atoms with Gasteiger partial charge in [0.15, 0.2) is 5.82 Å². The van der Waals surface area contributed by atoms with E-state index in [9.17, 15) is 13.2 Å². The van der Waals surface area contributed by atoms with E-state index in [1.807, 2.05) is 6.92 Å². The van der Waals surface area contributed by atoms with Crippen molar-refractivity contribution >= 4 is 0 Å². The van der Waals surface area contributed by atoms with Gasteiger partial charge in [-0.25, -0.2) is 9.67 Å². The summed E-state index contributed by atoms with van der Waals surface area (Å²) in [7, 11) is 0. The van der Waals surface area contributed by atoms with Crippen molar-refractivity contribution in [3.63, 3.8) is 0 Å². The van der Waals surface area contributed by atoms with Gasteiger partial charge in [0.25, 0.3) is 0 Å². The first kappa shape index (κ1) is 16.0. The fourth-order valence-corrected chi connectivity index (χ4v) is 2.99. The van der Waals surface area contributed by atoms with Crippen LogP contribution in [-0.2, 0) is 12.7 Å². The van der Waals surface area contributed by atoms with Gasteiger partial charge in [-0.1, -0.05) is 0 Å². The molecule has 0 unspecified atom stereocenters. The Kier molecular flexibility index (Phi) is 4.14. The topological polar surface area (TPSA) is 34.0 Å². The SMILES string of the molecule is Cc1cc(-n2nc(CN3CCCC3)nc2C)ccc1C(F)(F)F. The number of alkyl halides is 3. The van der Waals surface area contributed by atoms with Crippen molar-refractivity contribution < 1.29 is 13.2 Å². The molecule has 124 valence electrons. The summed E-state index contributed by atoms with van der Waals surface area (Å²) in [6.45, 7) is 6.06. The van der Waals surface area contributed by atoms with Crippen LogP contribution in [0.5, 0.6) is 0 Å². The lowest BCUT2D eigenvalue weighted by atomic mass is 10.1. The predicted octanol–water partition coefficient (Wildman–Crippen LogP) is 3.50. The zero-order chi connectivity index (χ0) is 16.6. The minimum absolute atomic E-state index is 0.186. The molecule has 1 saturated heterocycles. The highest BCUT2D eigenvalue weighted by molar-refractivity contribution is 5.41. The Morgan fingerprint density at radius 3 is 2.43 bits per heavy atom. The quantitative estimate of drug-likeness (QED) is 0.866. The van der Waals surface area contributed by atoms with E-state index < -0.39 is 11.7 Å². The number of nitrogens with zero attached hydrogens (tertiary/aromatic N) is 4. The van der Waals surface area contributed by atoms with Crippen LogP contribution in [0.25, 0.3) is 5.69 Å². The summed E-state index contributed by atoms with van der Waals surface area (Å²) in [5.74, 6) is 1.39. The van der Waals surface area contributed by atoms with Crippen LogP contribution >= 0.6 is 0 Å². The van der Waals surface area contributed by atoms with Crippen LogP contribution in [0, 0.1) is 13.8 Å². The Bertz CT molecular complexity index is 700. The second-order valence-electron chi connectivity index (χ2n) is 5.97. The summed E-state index contributed by atoms with van der Waals surface area (Å²) in [6.07, 6.45) is -1.95. The van der Waals surface area contributed by atoms with E-state index >= 15 is 0 Å². The molecule has 0 spiro atoms. The van der Waals surface area contributed by atoms with Crippen molar-refractivity contribution in [2.45, 2.75) is 39.4 Å². The summed E-state index contributed by atoms with van der Waals surface area (Å²) in [5.41, 5.74) is 0.176. The van der Waals surface area contributed by atoms with E-state index in [1.54, 1.807) is 4.68 Å². The zero-order valence-electron chi connectivity index (χ0n) is 13.2. The molecule has 23 heavy (non-hydrogen) atoms. The lowest BCUT2D eigenvalue weighted by Crippen LogP contribution is -2.19. The predicted molar refractivity (Wildman–Crippen MR) is 80.3 cm³/mol. The highest BCUT2D eigenvalue weighted by atomic mass is 19.4. The number of benzene rings is 1. The molecule has 0 aliphatic carbocycles. The molecule has 0 bridgehead atoms. The van der Waals surface area contributed by atoms with Crippen LogP contribution in [0.2, 0.25) is 0 Å². The second kappa shape index (κ2) is 5.96. The molecule has 1 aromatic heterocycles. The Labute approximate surface area is 132 Å². The average molecular weight is 324 g/mol. The standard InChI is InChI=1S/C16H19F3N4/c1-11-9-13(5-6-14(11)16(17,18)19)23-12(2)20-15(21-23)10-22-7-3-4-8-22/h5-6,9H,3-4,7-8,10H2,1-2H3. The fraction of sp³-hybridized carbons (Fsp3) is 0.500. The average Bonchev–Trinajstić information content (AvgIpc) is 3.07. The van der Waals surface area contributed by atoms with Crippen LogP contribution in [0.1, 0.15) is 35.6 Å². The minimum atomic E-state index is -4.33. The molecule has 1 aliphatic rings. The monoisotopic (exact) mass is 324 g/mol. The van der Waals surface area contributed by atoms with E-state index in [0.717, 1.165) is 19.2 Å². The first-order valence-corrected chi connectivity index (χ1v) is 7.68. The van der Waals surface area contributed by atoms with Gasteiger partial charge in [0.1, 0.15) is 5.82 Å². The number of aromatic nitrogens is 3. The molecule has 1 aromatic carbocycles. The van der Waals surface area contributed by atoms with Gasteiger partial charge >= 0.3 is 6.18 Å². The molecule has 4 nitrogen and oxygen atoms in total. The minimum Gasteiger partial charge on any atom is -0.296 e. The number of halogens is 3. The fourth-order valence-electron chi connectivity index (χ4n) is 2.99. The maximum atomic E-state index is 12.9. The summed E-state index contributed by atoms with van der Waals surface area (Å²) in [4.78, 5) is 6.73. The third-order valence-electron chi connectivity index (χ3n) is 4.14. The molecule has 3 rings (SSSR count). The maximum Gasteiger partial charge on any atom is 0.416 e. The van der Waals surface area contributed by atoms with Gasteiger partial charge in [0, 0.05) is 0 Å². The highest BCUT2D eigenvalue weighted by Gasteiger charge is 2.32. The molecular formula is C16H19F3N4. The Balaban J connectivity index is 1.86. The van der Waals surface area contributed by atoms with Crippen LogP contribution < -0.4 is 0 Å².